The number of aromatic nitrogens is 1. The number of nitrogens with zero attached hydrogens (tertiary/aromatic N) is 2. The number of para-hydroxylation sites is 1. The number of hydrogen-bond acceptors (Lipinski definition) is 4. The molecule has 7 heteroatoms. The zero-order chi connectivity index (χ0) is 18.9. The highest BCUT2D eigenvalue weighted by Crippen LogP contribution is 2.15. The third-order valence-electron chi connectivity index (χ3n) is 3.73. The average molecular weight is 373 g/mol. The summed E-state index contributed by atoms with van der Waals surface area (Å²) < 4.78 is 0.729. The van der Waals surface area contributed by atoms with Crippen molar-refractivity contribution in [2.75, 3.05) is 24.2 Å². The number of aryl methyl sites for hydroxylation is 1. The number of amides is 2. The molecule has 0 aliphatic heterocycles. The maximum atomic E-state index is 12.5. The highest BCUT2D eigenvalue weighted by Gasteiger charge is 2.18. The Morgan fingerprint density at radius 3 is 2.62 bits per heavy atom. The van der Waals surface area contributed by atoms with Crippen LogP contribution in [0.25, 0.3) is 0 Å². The van der Waals surface area contributed by atoms with Crippen LogP contribution in [0.1, 0.15) is 18.9 Å². The fourth-order valence-electron chi connectivity index (χ4n) is 2.39. The molecule has 138 valence electrons. The van der Waals surface area contributed by atoms with Crippen molar-refractivity contribution >= 4 is 29.3 Å². The maximum absolute atomic E-state index is 12.5. The summed E-state index contributed by atoms with van der Waals surface area (Å²) >= 11 is 1.17. The van der Waals surface area contributed by atoms with E-state index in [-0.39, 0.29) is 24.1 Å². The predicted octanol–water partition coefficient (Wildman–Crippen LogP) is 2.60. The molecule has 0 saturated heterocycles. The lowest BCUT2D eigenvalue weighted by molar-refractivity contribution is -0.645. The summed E-state index contributed by atoms with van der Waals surface area (Å²) in [6.07, 6.45) is 2.15. The number of thioether (sulfide) groups is 1. The standard InChI is InChI=1S/C19H23N3O3S/c1-3-11-21(13-17(23)20-16-9-5-4-8-15(16)2)18(24)14-26-19-10-6-7-12-22(19)25/h4-10,12H,3,11,13-14H2,1-2H3,(H,20,23). The number of carbonyl (C=O) groups is 2. The summed E-state index contributed by atoms with van der Waals surface area (Å²) in [5.41, 5.74) is 1.71. The Labute approximate surface area is 157 Å². The third kappa shape index (κ3) is 5.77. The van der Waals surface area contributed by atoms with E-state index in [0.717, 1.165) is 22.4 Å². The Morgan fingerprint density at radius 2 is 1.92 bits per heavy atom. The van der Waals surface area contributed by atoms with Crippen LogP contribution < -0.4 is 10.0 Å². The van der Waals surface area contributed by atoms with Crippen molar-refractivity contribution in [3.05, 3.63) is 59.4 Å². The molecule has 1 heterocycles. The molecule has 26 heavy (non-hydrogen) atoms. The van der Waals surface area contributed by atoms with Gasteiger partial charge < -0.3 is 15.4 Å². The van der Waals surface area contributed by atoms with Crippen molar-refractivity contribution in [2.24, 2.45) is 0 Å². The van der Waals surface area contributed by atoms with Crippen LogP contribution >= 0.6 is 11.8 Å². The van der Waals surface area contributed by atoms with Crippen molar-refractivity contribution in [2.45, 2.75) is 25.3 Å². The molecular formula is C19H23N3O3S. The zero-order valence-electron chi connectivity index (χ0n) is 15.0. The smallest absolute Gasteiger partial charge is 0.251 e. The summed E-state index contributed by atoms with van der Waals surface area (Å²) in [5, 5.41) is 14.9. The number of benzene rings is 1. The van der Waals surface area contributed by atoms with E-state index in [9.17, 15) is 14.8 Å². The Hall–Kier alpha value is -2.54. The van der Waals surface area contributed by atoms with E-state index in [1.807, 2.05) is 38.1 Å². The van der Waals surface area contributed by atoms with Gasteiger partial charge in [0.2, 0.25) is 11.8 Å². The van der Waals surface area contributed by atoms with Gasteiger partial charge in [0.1, 0.15) is 0 Å². The first kappa shape index (κ1) is 19.8. The van der Waals surface area contributed by atoms with E-state index in [4.69, 9.17) is 0 Å². The predicted molar refractivity (Wildman–Crippen MR) is 103 cm³/mol. The molecule has 0 aliphatic carbocycles. The molecular weight excluding hydrogens is 350 g/mol. The average Bonchev–Trinajstić information content (AvgIpc) is 2.62. The second-order valence-corrected chi connectivity index (χ2v) is 6.83. The van der Waals surface area contributed by atoms with Crippen molar-refractivity contribution in [1.29, 1.82) is 0 Å². The number of pyridine rings is 1. The van der Waals surface area contributed by atoms with E-state index in [2.05, 4.69) is 5.32 Å². The van der Waals surface area contributed by atoms with Crippen LogP contribution in [0.5, 0.6) is 0 Å². The molecule has 6 nitrogen and oxygen atoms in total. The lowest BCUT2D eigenvalue weighted by Gasteiger charge is -2.21. The molecule has 0 aliphatic rings. The molecule has 0 radical (unpaired) electrons. The van der Waals surface area contributed by atoms with Crippen molar-refractivity contribution in [3.8, 4) is 0 Å². The van der Waals surface area contributed by atoms with E-state index in [0.29, 0.717) is 11.6 Å². The largest absolute Gasteiger partial charge is 0.618 e. The van der Waals surface area contributed by atoms with Gasteiger partial charge in [-0.3, -0.25) is 9.59 Å². The highest BCUT2D eigenvalue weighted by molar-refractivity contribution is 7.99. The van der Waals surface area contributed by atoms with Crippen LogP contribution in [0.3, 0.4) is 0 Å². The molecule has 0 unspecified atom stereocenters. The number of anilines is 1. The Bertz CT molecular complexity index is 767. The molecule has 1 N–H and O–H groups in total. The molecule has 1 aromatic heterocycles. The fraction of sp³-hybridized carbons (Fsp3) is 0.316. The number of nitrogens with one attached hydrogen (secondary N) is 1. The number of rotatable bonds is 8. The number of carbonyl (C=O) groups excluding carboxylic acids is 2. The van der Waals surface area contributed by atoms with Crippen LogP contribution in [0, 0.1) is 12.1 Å². The minimum Gasteiger partial charge on any atom is -0.618 e. The SMILES string of the molecule is CCCN(CC(=O)Nc1ccccc1C)C(=O)CSc1cccc[n+]1[O-]. The second-order valence-electron chi connectivity index (χ2n) is 5.83. The second kappa shape index (κ2) is 9.82. The topological polar surface area (TPSA) is 76.4 Å². The van der Waals surface area contributed by atoms with Crippen LogP contribution in [0.2, 0.25) is 0 Å². The summed E-state index contributed by atoms with van der Waals surface area (Å²) in [6, 6.07) is 12.6. The molecule has 0 spiro atoms. The summed E-state index contributed by atoms with van der Waals surface area (Å²) in [7, 11) is 0. The van der Waals surface area contributed by atoms with Crippen LogP contribution in [-0.4, -0.2) is 35.6 Å². The van der Waals surface area contributed by atoms with Gasteiger partial charge in [-0.15, -0.1) is 0 Å². The van der Waals surface area contributed by atoms with Crippen LogP contribution in [0.15, 0.2) is 53.7 Å². The van der Waals surface area contributed by atoms with E-state index in [1.165, 1.54) is 22.9 Å². The molecule has 0 fully saturated rings. The minimum absolute atomic E-state index is 0.00622. The fourth-order valence-corrected chi connectivity index (χ4v) is 3.21. The third-order valence-corrected chi connectivity index (χ3v) is 4.74. The van der Waals surface area contributed by atoms with Crippen LogP contribution in [0.4, 0.5) is 5.69 Å². The van der Waals surface area contributed by atoms with E-state index in [1.54, 1.807) is 18.2 Å². The van der Waals surface area contributed by atoms with Gasteiger partial charge in [-0.1, -0.05) is 25.1 Å². The monoisotopic (exact) mass is 373 g/mol. The highest BCUT2D eigenvalue weighted by atomic mass is 32.2. The summed E-state index contributed by atoms with van der Waals surface area (Å²) in [5.74, 6) is -0.283. The maximum Gasteiger partial charge on any atom is 0.251 e. The van der Waals surface area contributed by atoms with Gasteiger partial charge in [0.05, 0.1) is 12.3 Å². The summed E-state index contributed by atoms with van der Waals surface area (Å²) in [6.45, 7) is 4.36. The number of hydrogen-bond donors (Lipinski definition) is 1. The lowest BCUT2D eigenvalue weighted by Crippen LogP contribution is -2.40. The van der Waals surface area contributed by atoms with Gasteiger partial charge in [-0.2, -0.15) is 4.73 Å². The first-order valence-corrected chi connectivity index (χ1v) is 9.44. The molecule has 0 atom stereocenters. The Kier molecular flexibility index (Phi) is 7.47. The van der Waals surface area contributed by atoms with Gasteiger partial charge in [-0.25, -0.2) is 0 Å². The van der Waals surface area contributed by atoms with Gasteiger partial charge in [0, 0.05) is 24.4 Å². The molecule has 2 rings (SSSR count). The Morgan fingerprint density at radius 1 is 1.19 bits per heavy atom. The van der Waals surface area contributed by atoms with Crippen molar-refractivity contribution in [3.63, 3.8) is 0 Å². The zero-order valence-corrected chi connectivity index (χ0v) is 15.8. The van der Waals surface area contributed by atoms with Gasteiger partial charge in [-0.05, 0) is 42.8 Å². The normalized spacial score (nSPS) is 10.4. The van der Waals surface area contributed by atoms with Gasteiger partial charge in [0.15, 0.2) is 6.20 Å². The molecule has 0 bridgehead atoms. The minimum atomic E-state index is -0.232. The lowest BCUT2D eigenvalue weighted by atomic mass is 10.2. The summed E-state index contributed by atoms with van der Waals surface area (Å²) in [4.78, 5) is 26.3. The quantitative estimate of drug-likeness (QED) is 0.438. The van der Waals surface area contributed by atoms with Crippen LogP contribution in [-0.2, 0) is 9.59 Å². The van der Waals surface area contributed by atoms with Gasteiger partial charge >= 0.3 is 0 Å². The Balaban J connectivity index is 1.94. The first-order valence-electron chi connectivity index (χ1n) is 8.45. The van der Waals surface area contributed by atoms with Crippen molar-refractivity contribution < 1.29 is 14.3 Å². The molecule has 2 aromatic rings. The van der Waals surface area contributed by atoms with E-state index >= 15 is 0 Å². The van der Waals surface area contributed by atoms with E-state index < -0.39 is 0 Å². The van der Waals surface area contributed by atoms with Gasteiger partial charge in [0.25, 0.3) is 5.03 Å². The molecule has 0 saturated carbocycles. The first-order chi connectivity index (χ1) is 12.5. The van der Waals surface area contributed by atoms with Crippen molar-refractivity contribution in [1.82, 2.24) is 4.90 Å². The molecule has 2 amide bonds. The molecule has 1 aromatic carbocycles.